The molecule has 3 N–H and O–H groups in total. The van der Waals surface area contributed by atoms with Crippen molar-refractivity contribution in [2.24, 2.45) is 0 Å². The Hall–Kier alpha value is -2.40. The minimum atomic E-state index is -0.301. The van der Waals surface area contributed by atoms with Crippen molar-refractivity contribution in [3.8, 4) is 5.75 Å². The Morgan fingerprint density at radius 2 is 2.16 bits per heavy atom. The molecule has 0 unspecified atom stereocenters. The smallest absolute Gasteiger partial charge is 0.257 e. The van der Waals surface area contributed by atoms with E-state index in [-0.39, 0.29) is 11.7 Å². The molecule has 0 bridgehead atoms. The number of aromatic nitrogens is 1. The lowest BCUT2D eigenvalue weighted by molar-refractivity contribution is 0.102. The van der Waals surface area contributed by atoms with Crippen LogP contribution in [0.3, 0.4) is 0 Å². The maximum absolute atomic E-state index is 12.0. The summed E-state index contributed by atoms with van der Waals surface area (Å²) >= 11 is 0. The molecule has 2 rings (SSSR count). The standard InChI is InChI=1S/C14H15N3O2/c1-15-7-10-3-2-4-12(5-10)17-14(19)11-6-13(18)9-16-8-11/h2-6,8-9,15,18H,7H2,1H3,(H,17,19). The maximum Gasteiger partial charge on any atom is 0.257 e. The molecule has 0 saturated carbocycles. The summed E-state index contributed by atoms with van der Waals surface area (Å²) in [6, 6.07) is 8.93. The van der Waals surface area contributed by atoms with Crippen LogP contribution in [0.1, 0.15) is 15.9 Å². The topological polar surface area (TPSA) is 74.2 Å². The molecule has 0 aliphatic rings. The van der Waals surface area contributed by atoms with Crippen LogP contribution in [-0.2, 0) is 6.54 Å². The van der Waals surface area contributed by atoms with Crippen LogP contribution in [0.25, 0.3) is 0 Å². The van der Waals surface area contributed by atoms with E-state index < -0.39 is 0 Å². The highest BCUT2D eigenvalue weighted by atomic mass is 16.3. The molecule has 1 amide bonds. The molecule has 1 heterocycles. The van der Waals surface area contributed by atoms with Gasteiger partial charge in [-0.1, -0.05) is 12.1 Å². The molecule has 1 aromatic carbocycles. The normalized spacial score (nSPS) is 10.2. The Morgan fingerprint density at radius 1 is 1.32 bits per heavy atom. The van der Waals surface area contributed by atoms with Crippen molar-refractivity contribution in [3.63, 3.8) is 0 Å². The van der Waals surface area contributed by atoms with E-state index in [0.29, 0.717) is 11.3 Å². The zero-order valence-corrected chi connectivity index (χ0v) is 10.6. The number of nitrogens with zero attached hydrogens (tertiary/aromatic N) is 1. The molecule has 0 fully saturated rings. The van der Waals surface area contributed by atoms with Crippen LogP contribution in [-0.4, -0.2) is 23.0 Å². The minimum absolute atomic E-state index is 0.0309. The van der Waals surface area contributed by atoms with E-state index in [1.165, 1.54) is 18.5 Å². The van der Waals surface area contributed by atoms with E-state index in [0.717, 1.165) is 12.1 Å². The second kappa shape index (κ2) is 5.97. The van der Waals surface area contributed by atoms with Crippen LogP contribution in [0.15, 0.2) is 42.7 Å². The van der Waals surface area contributed by atoms with Gasteiger partial charge in [0.15, 0.2) is 0 Å². The molecular weight excluding hydrogens is 242 g/mol. The number of amides is 1. The minimum Gasteiger partial charge on any atom is -0.506 e. The van der Waals surface area contributed by atoms with Crippen LogP contribution >= 0.6 is 0 Å². The van der Waals surface area contributed by atoms with E-state index in [1.807, 2.05) is 31.3 Å². The van der Waals surface area contributed by atoms with Crippen LogP contribution in [0.4, 0.5) is 5.69 Å². The second-order valence-electron chi connectivity index (χ2n) is 4.12. The number of anilines is 1. The molecule has 98 valence electrons. The summed E-state index contributed by atoms with van der Waals surface area (Å²) in [6.07, 6.45) is 2.69. The Kier molecular flexibility index (Phi) is 4.10. The fraction of sp³-hybridized carbons (Fsp3) is 0.143. The van der Waals surface area contributed by atoms with Gasteiger partial charge in [0, 0.05) is 18.4 Å². The van der Waals surface area contributed by atoms with Crippen molar-refractivity contribution in [1.82, 2.24) is 10.3 Å². The number of carbonyl (C=O) groups is 1. The molecule has 0 spiro atoms. The SMILES string of the molecule is CNCc1cccc(NC(=O)c2cncc(O)c2)c1. The summed E-state index contributed by atoms with van der Waals surface area (Å²) in [5, 5.41) is 15.1. The molecule has 1 aromatic heterocycles. The van der Waals surface area contributed by atoms with Gasteiger partial charge >= 0.3 is 0 Å². The first-order valence-corrected chi connectivity index (χ1v) is 5.88. The highest BCUT2D eigenvalue weighted by Crippen LogP contribution is 2.14. The number of benzene rings is 1. The molecule has 0 aliphatic heterocycles. The van der Waals surface area contributed by atoms with Crippen molar-refractivity contribution in [2.75, 3.05) is 12.4 Å². The summed E-state index contributed by atoms with van der Waals surface area (Å²) in [5.41, 5.74) is 2.11. The fourth-order valence-electron chi connectivity index (χ4n) is 1.72. The van der Waals surface area contributed by atoms with Crippen molar-refractivity contribution in [3.05, 3.63) is 53.9 Å². The fourth-order valence-corrected chi connectivity index (χ4v) is 1.72. The van der Waals surface area contributed by atoms with Gasteiger partial charge in [0.05, 0.1) is 11.8 Å². The predicted octanol–water partition coefficient (Wildman–Crippen LogP) is 1.76. The lowest BCUT2D eigenvalue weighted by Gasteiger charge is -2.07. The number of nitrogens with one attached hydrogen (secondary N) is 2. The first kappa shape index (κ1) is 13.0. The lowest BCUT2D eigenvalue weighted by Crippen LogP contribution is -2.12. The number of carbonyl (C=O) groups excluding carboxylic acids is 1. The summed E-state index contributed by atoms with van der Waals surface area (Å²) in [4.78, 5) is 15.7. The highest BCUT2D eigenvalue weighted by Gasteiger charge is 2.07. The third kappa shape index (κ3) is 3.53. The molecule has 5 heteroatoms. The zero-order chi connectivity index (χ0) is 13.7. The molecule has 19 heavy (non-hydrogen) atoms. The number of hydrogen-bond donors (Lipinski definition) is 3. The van der Waals surface area contributed by atoms with Crippen LogP contribution in [0, 0.1) is 0 Å². The van der Waals surface area contributed by atoms with Gasteiger partial charge in [0.1, 0.15) is 5.75 Å². The first-order valence-electron chi connectivity index (χ1n) is 5.88. The Labute approximate surface area is 111 Å². The van der Waals surface area contributed by atoms with Gasteiger partial charge in [-0.25, -0.2) is 0 Å². The van der Waals surface area contributed by atoms with Crippen LogP contribution in [0.5, 0.6) is 5.75 Å². The number of aromatic hydroxyl groups is 1. The monoisotopic (exact) mass is 257 g/mol. The average molecular weight is 257 g/mol. The van der Waals surface area contributed by atoms with Crippen molar-refractivity contribution in [1.29, 1.82) is 0 Å². The molecule has 2 aromatic rings. The summed E-state index contributed by atoms with van der Waals surface area (Å²) in [6.45, 7) is 0.734. The van der Waals surface area contributed by atoms with Gasteiger partial charge < -0.3 is 15.7 Å². The molecule has 0 radical (unpaired) electrons. The van der Waals surface area contributed by atoms with E-state index in [2.05, 4.69) is 15.6 Å². The summed E-state index contributed by atoms with van der Waals surface area (Å²) in [7, 11) is 1.86. The molecule has 0 atom stereocenters. The van der Waals surface area contributed by atoms with Crippen molar-refractivity contribution >= 4 is 11.6 Å². The zero-order valence-electron chi connectivity index (χ0n) is 10.6. The largest absolute Gasteiger partial charge is 0.506 e. The Bertz CT molecular complexity index is 584. The van der Waals surface area contributed by atoms with Gasteiger partial charge in [0.25, 0.3) is 5.91 Å². The molecule has 5 nitrogen and oxygen atoms in total. The van der Waals surface area contributed by atoms with Gasteiger partial charge in [-0.15, -0.1) is 0 Å². The van der Waals surface area contributed by atoms with Crippen LogP contribution in [0.2, 0.25) is 0 Å². The van der Waals surface area contributed by atoms with Crippen molar-refractivity contribution < 1.29 is 9.90 Å². The number of rotatable bonds is 4. The number of pyridine rings is 1. The van der Waals surface area contributed by atoms with E-state index >= 15 is 0 Å². The molecule has 0 saturated heterocycles. The first-order chi connectivity index (χ1) is 9.19. The average Bonchev–Trinajstić information content (AvgIpc) is 2.39. The van der Waals surface area contributed by atoms with Gasteiger partial charge in [-0.3, -0.25) is 9.78 Å². The van der Waals surface area contributed by atoms with Crippen molar-refractivity contribution in [2.45, 2.75) is 6.54 Å². The Morgan fingerprint density at radius 3 is 2.89 bits per heavy atom. The summed E-state index contributed by atoms with van der Waals surface area (Å²) in [5.74, 6) is -0.332. The summed E-state index contributed by atoms with van der Waals surface area (Å²) < 4.78 is 0. The molecule has 0 aliphatic carbocycles. The third-order valence-corrected chi connectivity index (χ3v) is 2.55. The van der Waals surface area contributed by atoms with E-state index in [1.54, 1.807) is 0 Å². The van der Waals surface area contributed by atoms with Crippen LogP contribution < -0.4 is 10.6 Å². The maximum atomic E-state index is 12.0. The Balaban J connectivity index is 2.12. The number of hydrogen-bond acceptors (Lipinski definition) is 4. The van der Waals surface area contributed by atoms with Gasteiger partial charge in [-0.05, 0) is 30.8 Å². The second-order valence-corrected chi connectivity index (χ2v) is 4.12. The van der Waals surface area contributed by atoms with Gasteiger partial charge in [0.2, 0.25) is 0 Å². The van der Waals surface area contributed by atoms with E-state index in [9.17, 15) is 9.90 Å². The lowest BCUT2D eigenvalue weighted by atomic mass is 10.2. The predicted molar refractivity (Wildman–Crippen MR) is 73.1 cm³/mol. The van der Waals surface area contributed by atoms with Gasteiger partial charge in [-0.2, -0.15) is 0 Å². The third-order valence-electron chi connectivity index (χ3n) is 2.55. The highest BCUT2D eigenvalue weighted by molar-refractivity contribution is 6.04. The van der Waals surface area contributed by atoms with E-state index in [4.69, 9.17) is 0 Å². The quantitative estimate of drug-likeness (QED) is 0.780. The molecular formula is C14H15N3O2.